The Morgan fingerprint density at radius 1 is 0.696 bits per heavy atom. The quantitative estimate of drug-likeness (QED) is 0.160. The van der Waals surface area contributed by atoms with E-state index in [0.29, 0.717) is 5.92 Å². The van der Waals surface area contributed by atoms with Crippen molar-refractivity contribution < 1.29 is 0 Å². The van der Waals surface area contributed by atoms with Crippen molar-refractivity contribution in [2.75, 3.05) is 4.90 Å². The second-order valence-electron chi connectivity index (χ2n) is 13.1. The molecular weight excluding hydrogens is 556 g/mol. The molecule has 0 aromatic heterocycles. The van der Waals surface area contributed by atoms with Gasteiger partial charge in [0.15, 0.2) is 0 Å². The van der Waals surface area contributed by atoms with E-state index in [1.807, 2.05) is 0 Å². The molecular formula is C44H40N2. The zero-order chi connectivity index (χ0) is 31.0. The smallest absolute Gasteiger partial charge is 0.0670 e. The predicted molar refractivity (Wildman–Crippen MR) is 198 cm³/mol. The zero-order valence-corrected chi connectivity index (χ0v) is 26.7. The second-order valence-corrected chi connectivity index (χ2v) is 13.1. The number of anilines is 1. The van der Waals surface area contributed by atoms with E-state index in [4.69, 9.17) is 0 Å². The van der Waals surface area contributed by atoms with Crippen molar-refractivity contribution in [3.63, 3.8) is 0 Å². The first-order valence-corrected chi connectivity index (χ1v) is 16.8. The Kier molecular flexibility index (Phi) is 7.50. The van der Waals surface area contributed by atoms with E-state index in [2.05, 4.69) is 145 Å². The fraction of sp³-hybridized carbons (Fsp3) is 0.205. The summed E-state index contributed by atoms with van der Waals surface area (Å²) < 4.78 is 0. The highest BCUT2D eigenvalue weighted by Gasteiger charge is 2.29. The minimum absolute atomic E-state index is 0.488. The molecule has 4 aromatic carbocycles. The lowest BCUT2D eigenvalue weighted by Crippen LogP contribution is -2.27. The Hall–Kier alpha value is -4.95. The molecule has 0 amide bonds. The van der Waals surface area contributed by atoms with Crippen molar-refractivity contribution in [1.82, 2.24) is 0 Å². The third kappa shape index (κ3) is 5.03. The van der Waals surface area contributed by atoms with E-state index in [9.17, 15) is 0 Å². The third-order valence-corrected chi connectivity index (χ3v) is 10.3. The molecule has 4 aromatic rings. The monoisotopic (exact) mass is 596 g/mol. The van der Waals surface area contributed by atoms with Crippen molar-refractivity contribution in [1.29, 1.82) is 0 Å². The number of allylic oxidation sites excluding steroid dienone is 13. The maximum absolute atomic E-state index is 4.46. The predicted octanol–water partition coefficient (Wildman–Crippen LogP) is 11.9. The molecule has 0 bridgehead atoms. The summed E-state index contributed by atoms with van der Waals surface area (Å²) in [6.07, 6.45) is 23.8. The summed E-state index contributed by atoms with van der Waals surface area (Å²) >= 11 is 0. The van der Waals surface area contributed by atoms with E-state index in [-0.39, 0.29) is 0 Å². The van der Waals surface area contributed by atoms with Crippen LogP contribution in [0.15, 0.2) is 155 Å². The van der Waals surface area contributed by atoms with Crippen LogP contribution in [0.25, 0.3) is 32.7 Å². The van der Waals surface area contributed by atoms with Crippen LogP contribution in [0, 0.1) is 5.92 Å². The molecule has 0 saturated carbocycles. The van der Waals surface area contributed by atoms with Crippen LogP contribution in [0.1, 0.15) is 63.0 Å². The summed E-state index contributed by atoms with van der Waals surface area (Å²) in [5.41, 5.74) is 13.4. The topological polar surface area (TPSA) is 15.6 Å². The van der Waals surface area contributed by atoms with Crippen LogP contribution >= 0.6 is 0 Å². The number of hydrogen-bond acceptors (Lipinski definition) is 2. The number of nitrogens with zero attached hydrogens (tertiary/aromatic N) is 2. The van der Waals surface area contributed by atoms with Gasteiger partial charge in [-0.15, -0.1) is 0 Å². The molecule has 0 aliphatic heterocycles. The van der Waals surface area contributed by atoms with Crippen LogP contribution < -0.4 is 4.90 Å². The Balaban J connectivity index is 1.25. The van der Waals surface area contributed by atoms with Crippen LogP contribution in [0.2, 0.25) is 0 Å². The summed E-state index contributed by atoms with van der Waals surface area (Å²) in [5, 5.41) is 5.49. The van der Waals surface area contributed by atoms with Gasteiger partial charge in [0.25, 0.3) is 0 Å². The van der Waals surface area contributed by atoms with Gasteiger partial charge in [-0.1, -0.05) is 103 Å². The van der Waals surface area contributed by atoms with Crippen molar-refractivity contribution in [2.24, 2.45) is 10.9 Å². The molecule has 4 aliphatic rings. The summed E-state index contributed by atoms with van der Waals surface area (Å²) in [7, 11) is 0. The van der Waals surface area contributed by atoms with Crippen LogP contribution in [-0.2, 0) is 0 Å². The number of aliphatic imine (C=N–C) groups is 1. The number of hydrogen-bond donors (Lipinski definition) is 0. The Morgan fingerprint density at radius 3 is 2.02 bits per heavy atom. The van der Waals surface area contributed by atoms with Gasteiger partial charge in [0.1, 0.15) is 0 Å². The largest absolute Gasteiger partial charge is 0.312 e. The maximum Gasteiger partial charge on any atom is 0.0670 e. The van der Waals surface area contributed by atoms with Crippen LogP contribution in [-0.4, -0.2) is 6.72 Å². The normalized spacial score (nSPS) is 19.6. The molecule has 226 valence electrons. The van der Waals surface area contributed by atoms with Crippen LogP contribution in [0.3, 0.4) is 0 Å². The molecule has 0 spiro atoms. The van der Waals surface area contributed by atoms with Crippen LogP contribution in [0.4, 0.5) is 5.69 Å². The highest BCUT2D eigenvalue weighted by atomic mass is 15.2. The minimum Gasteiger partial charge on any atom is -0.312 e. The van der Waals surface area contributed by atoms with Gasteiger partial charge < -0.3 is 4.90 Å². The Bertz CT molecular complexity index is 2040. The Morgan fingerprint density at radius 2 is 1.37 bits per heavy atom. The van der Waals surface area contributed by atoms with E-state index < -0.39 is 0 Å². The fourth-order valence-electron chi connectivity index (χ4n) is 7.98. The molecule has 0 radical (unpaired) electrons. The van der Waals surface area contributed by atoms with Crippen LogP contribution in [0.5, 0.6) is 0 Å². The molecule has 2 heteroatoms. The van der Waals surface area contributed by atoms with Gasteiger partial charge >= 0.3 is 0 Å². The molecule has 1 unspecified atom stereocenters. The summed E-state index contributed by atoms with van der Waals surface area (Å²) in [5.74, 6) is 0.488. The highest BCUT2D eigenvalue weighted by molar-refractivity contribution is 6.16. The first kappa shape index (κ1) is 28.5. The highest BCUT2D eigenvalue weighted by Crippen LogP contribution is 2.47. The average molecular weight is 597 g/mol. The second kappa shape index (κ2) is 12.1. The maximum atomic E-state index is 4.46. The molecule has 0 N–H and O–H groups in total. The SMILES string of the molecule is C=NC1=C(N(C2=CC=C3C=C(c4c5ccccc5c(C5=CC=C(C)CC5)c5ccccc45)CCC3C2)c2ccccc2)C=CCC1. The molecule has 0 heterocycles. The van der Waals surface area contributed by atoms with Crippen molar-refractivity contribution in [3.05, 3.63) is 161 Å². The average Bonchev–Trinajstić information content (AvgIpc) is 3.11. The van der Waals surface area contributed by atoms with Crippen molar-refractivity contribution >= 4 is 45.1 Å². The first-order valence-electron chi connectivity index (χ1n) is 16.8. The molecule has 46 heavy (non-hydrogen) atoms. The van der Waals surface area contributed by atoms with Gasteiger partial charge in [-0.25, -0.2) is 0 Å². The molecule has 8 rings (SSSR count). The molecule has 4 aliphatic carbocycles. The standard InChI is InChI=1S/C44H40N2/c1-30-20-22-31(23-21-30)43-37-14-6-8-16-39(37)44(40-17-9-7-15-38(40)43)34-25-24-33-29-36(27-26-32(33)28-34)46(35-12-4-3-5-13-35)42-19-11-10-18-41(42)45-2/h3-9,11-17,19-20,22,26-28,33H,2,10,18,21,23-25,29H2,1H3. The van der Waals surface area contributed by atoms with Gasteiger partial charge in [0.2, 0.25) is 0 Å². The molecule has 0 saturated heterocycles. The number of benzene rings is 4. The van der Waals surface area contributed by atoms with E-state index in [1.54, 1.807) is 0 Å². The first-order chi connectivity index (χ1) is 22.7. The van der Waals surface area contributed by atoms with Gasteiger partial charge in [0.05, 0.1) is 11.4 Å². The summed E-state index contributed by atoms with van der Waals surface area (Å²) in [6.45, 7) is 6.17. The zero-order valence-electron chi connectivity index (χ0n) is 26.7. The lowest BCUT2D eigenvalue weighted by atomic mass is 9.76. The van der Waals surface area contributed by atoms with E-state index >= 15 is 0 Å². The van der Waals surface area contributed by atoms with Crippen molar-refractivity contribution in [2.45, 2.75) is 51.9 Å². The molecule has 0 fully saturated rings. The van der Waals surface area contributed by atoms with E-state index in [1.165, 1.54) is 66.3 Å². The summed E-state index contributed by atoms with van der Waals surface area (Å²) in [6, 6.07) is 29.0. The van der Waals surface area contributed by atoms with E-state index in [0.717, 1.165) is 56.3 Å². The van der Waals surface area contributed by atoms with Crippen molar-refractivity contribution in [3.8, 4) is 0 Å². The van der Waals surface area contributed by atoms with Gasteiger partial charge in [-0.05, 0) is 138 Å². The number of fused-ring (bicyclic) bond motifs is 3. The number of rotatable bonds is 6. The Labute approximate surface area is 272 Å². The van der Waals surface area contributed by atoms with Gasteiger partial charge in [-0.2, -0.15) is 0 Å². The minimum atomic E-state index is 0.488. The fourth-order valence-corrected chi connectivity index (χ4v) is 7.98. The lowest BCUT2D eigenvalue weighted by molar-refractivity contribution is 0.551. The molecule has 1 atom stereocenters. The van der Waals surface area contributed by atoms with Gasteiger partial charge in [0, 0.05) is 11.4 Å². The summed E-state index contributed by atoms with van der Waals surface area (Å²) in [4.78, 5) is 6.88. The lowest BCUT2D eigenvalue weighted by Gasteiger charge is -2.36. The third-order valence-electron chi connectivity index (χ3n) is 10.3. The van der Waals surface area contributed by atoms with Gasteiger partial charge in [-0.3, -0.25) is 4.99 Å². The molecule has 2 nitrogen and oxygen atoms in total. The number of para-hydroxylation sites is 1.